The Hall–Kier alpha value is -1.46. The minimum Gasteiger partial charge on any atom is -0.464 e. The molecule has 94 valence electrons. The van der Waals surface area contributed by atoms with Crippen molar-refractivity contribution in [2.45, 2.75) is 6.61 Å². The lowest BCUT2D eigenvalue weighted by atomic mass is 10.1. The van der Waals surface area contributed by atoms with Gasteiger partial charge >= 0.3 is 5.97 Å². The molecule has 2 aromatic rings. The van der Waals surface area contributed by atoms with Crippen molar-refractivity contribution in [1.82, 2.24) is 4.98 Å². The van der Waals surface area contributed by atoms with E-state index < -0.39 is 5.97 Å². The van der Waals surface area contributed by atoms with Crippen LogP contribution in [0.1, 0.15) is 16.1 Å². The highest BCUT2D eigenvalue weighted by atomic mass is 79.9. The Labute approximate surface area is 113 Å². The molecule has 2 rings (SSSR count). The molecule has 0 fully saturated rings. The molecule has 0 saturated heterocycles. The van der Waals surface area contributed by atoms with Crippen molar-refractivity contribution in [1.29, 1.82) is 0 Å². The number of esters is 1. The molecule has 0 amide bonds. The third-order valence-corrected chi connectivity index (χ3v) is 3.04. The summed E-state index contributed by atoms with van der Waals surface area (Å²) in [6.07, 6.45) is 0. The molecule has 0 atom stereocenters. The van der Waals surface area contributed by atoms with Crippen molar-refractivity contribution in [3.05, 3.63) is 40.0 Å². The molecule has 1 aromatic carbocycles. The fourth-order valence-corrected chi connectivity index (χ4v) is 2.11. The lowest BCUT2D eigenvalue weighted by Crippen LogP contribution is -2.06. The second-order valence-corrected chi connectivity index (χ2v) is 4.67. The van der Waals surface area contributed by atoms with Crippen LogP contribution in [0.3, 0.4) is 0 Å². The quantitative estimate of drug-likeness (QED) is 0.818. The van der Waals surface area contributed by atoms with E-state index in [0.29, 0.717) is 12.3 Å². The maximum atomic E-state index is 11.5. The first-order valence-corrected chi connectivity index (χ1v) is 6.11. The summed E-state index contributed by atoms with van der Waals surface area (Å²) < 4.78 is 10.8. The Morgan fingerprint density at radius 3 is 2.78 bits per heavy atom. The number of fused-ring (bicyclic) bond motifs is 1. The molecule has 0 unspecified atom stereocenters. The molecule has 0 aliphatic rings. The van der Waals surface area contributed by atoms with Crippen LogP contribution in [-0.4, -0.2) is 25.2 Å². The average Bonchev–Trinajstić information content (AvgIpc) is 2.38. The largest absolute Gasteiger partial charge is 0.464 e. The summed E-state index contributed by atoms with van der Waals surface area (Å²) in [4.78, 5) is 15.8. The highest BCUT2D eigenvalue weighted by molar-refractivity contribution is 9.10. The zero-order chi connectivity index (χ0) is 13.1. The molecular weight excluding hydrogens is 298 g/mol. The van der Waals surface area contributed by atoms with E-state index in [1.165, 1.54) is 7.11 Å². The van der Waals surface area contributed by atoms with Gasteiger partial charge in [0.25, 0.3) is 0 Å². The number of benzene rings is 1. The Morgan fingerprint density at radius 2 is 2.11 bits per heavy atom. The number of nitrogens with zero attached hydrogens (tertiary/aromatic N) is 1. The summed E-state index contributed by atoms with van der Waals surface area (Å²) in [7, 11) is 2.95. The second kappa shape index (κ2) is 5.46. The van der Waals surface area contributed by atoms with Crippen molar-refractivity contribution in [3.8, 4) is 0 Å². The van der Waals surface area contributed by atoms with Crippen LogP contribution in [0, 0.1) is 0 Å². The zero-order valence-electron chi connectivity index (χ0n) is 10.1. The maximum absolute atomic E-state index is 11.5. The predicted molar refractivity (Wildman–Crippen MR) is 71.5 cm³/mol. The molecular formula is C13H12BrNO3. The van der Waals surface area contributed by atoms with Gasteiger partial charge in [0.05, 0.1) is 19.2 Å². The third kappa shape index (κ3) is 2.52. The number of pyridine rings is 1. The van der Waals surface area contributed by atoms with Gasteiger partial charge in [0.1, 0.15) is 5.69 Å². The SMILES string of the molecule is COCc1cc(C(=O)OC)nc2ccc(Br)cc12. The van der Waals surface area contributed by atoms with E-state index in [2.05, 4.69) is 20.9 Å². The highest BCUT2D eigenvalue weighted by Crippen LogP contribution is 2.23. The predicted octanol–water partition coefficient (Wildman–Crippen LogP) is 2.93. The molecule has 0 radical (unpaired) electrons. The van der Waals surface area contributed by atoms with E-state index in [-0.39, 0.29) is 0 Å². The minimum absolute atomic E-state index is 0.291. The molecule has 1 aromatic heterocycles. The molecule has 0 N–H and O–H groups in total. The van der Waals surface area contributed by atoms with Gasteiger partial charge in [-0.1, -0.05) is 15.9 Å². The first-order chi connectivity index (χ1) is 8.65. The standard InChI is InChI=1S/C13H12BrNO3/c1-17-7-8-5-12(13(16)18-2)15-11-4-3-9(14)6-10(8)11/h3-6H,7H2,1-2H3. The Kier molecular flexibility index (Phi) is 3.93. The van der Waals surface area contributed by atoms with Crippen LogP contribution in [0.25, 0.3) is 10.9 Å². The van der Waals surface area contributed by atoms with Crippen LogP contribution >= 0.6 is 15.9 Å². The van der Waals surface area contributed by atoms with E-state index >= 15 is 0 Å². The normalized spacial score (nSPS) is 10.6. The number of hydrogen-bond donors (Lipinski definition) is 0. The van der Waals surface area contributed by atoms with Crippen molar-refractivity contribution in [2.75, 3.05) is 14.2 Å². The van der Waals surface area contributed by atoms with Crippen LogP contribution in [0.15, 0.2) is 28.7 Å². The lowest BCUT2D eigenvalue weighted by molar-refractivity contribution is 0.0594. The van der Waals surface area contributed by atoms with Crippen LogP contribution in [0.4, 0.5) is 0 Å². The molecule has 4 nitrogen and oxygen atoms in total. The zero-order valence-corrected chi connectivity index (χ0v) is 11.7. The summed E-state index contributed by atoms with van der Waals surface area (Å²) >= 11 is 3.42. The lowest BCUT2D eigenvalue weighted by Gasteiger charge is -2.08. The Morgan fingerprint density at radius 1 is 1.33 bits per heavy atom. The van der Waals surface area contributed by atoms with Gasteiger partial charge in [0.15, 0.2) is 0 Å². The third-order valence-electron chi connectivity index (χ3n) is 2.55. The Balaban J connectivity index is 2.66. The molecule has 18 heavy (non-hydrogen) atoms. The molecule has 0 spiro atoms. The van der Waals surface area contributed by atoms with Crippen molar-refractivity contribution >= 4 is 32.8 Å². The second-order valence-electron chi connectivity index (χ2n) is 3.75. The number of ether oxygens (including phenoxy) is 2. The first kappa shape index (κ1) is 13.0. The fourth-order valence-electron chi connectivity index (χ4n) is 1.75. The summed E-state index contributed by atoms with van der Waals surface area (Å²) in [5.41, 5.74) is 1.94. The molecule has 0 aliphatic carbocycles. The van der Waals surface area contributed by atoms with Gasteiger partial charge in [0, 0.05) is 17.0 Å². The van der Waals surface area contributed by atoms with Gasteiger partial charge < -0.3 is 9.47 Å². The summed E-state index contributed by atoms with van der Waals surface area (Å²) in [5, 5.41) is 0.957. The first-order valence-electron chi connectivity index (χ1n) is 5.32. The van der Waals surface area contributed by atoms with Crippen LogP contribution in [0.2, 0.25) is 0 Å². The number of carbonyl (C=O) groups excluding carboxylic acids is 1. The number of methoxy groups -OCH3 is 2. The van der Waals surface area contributed by atoms with Crippen molar-refractivity contribution < 1.29 is 14.3 Å². The molecule has 0 bridgehead atoms. The van der Waals surface area contributed by atoms with Crippen LogP contribution in [-0.2, 0) is 16.1 Å². The number of carbonyl (C=O) groups is 1. The highest BCUT2D eigenvalue weighted by Gasteiger charge is 2.12. The van der Waals surface area contributed by atoms with Gasteiger partial charge in [-0.3, -0.25) is 0 Å². The number of halogens is 1. The van der Waals surface area contributed by atoms with E-state index in [9.17, 15) is 4.79 Å². The van der Waals surface area contributed by atoms with E-state index in [0.717, 1.165) is 20.9 Å². The minimum atomic E-state index is -0.447. The number of rotatable bonds is 3. The number of aromatic nitrogens is 1. The smallest absolute Gasteiger partial charge is 0.356 e. The molecule has 5 heteroatoms. The van der Waals surface area contributed by atoms with Crippen LogP contribution in [0.5, 0.6) is 0 Å². The van der Waals surface area contributed by atoms with Gasteiger partial charge in [-0.15, -0.1) is 0 Å². The van der Waals surface area contributed by atoms with Gasteiger partial charge in [-0.05, 0) is 29.8 Å². The van der Waals surface area contributed by atoms with Gasteiger partial charge in [0.2, 0.25) is 0 Å². The topological polar surface area (TPSA) is 48.4 Å². The van der Waals surface area contributed by atoms with Crippen LogP contribution < -0.4 is 0 Å². The van der Waals surface area contributed by atoms with Crippen molar-refractivity contribution in [3.63, 3.8) is 0 Å². The van der Waals surface area contributed by atoms with Gasteiger partial charge in [-0.25, -0.2) is 9.78 Å². The monoisotopic (exact) mass is 309 g/mol. The average molecular weight is 310 g/mol. The number of hydrogen-bond acceptors (Lipinski definition) is 4. The summed E-state index contributed by atoms with van der Waals surface area (Å²) in [5.74, 6) is -0.447. The van der Waals surface area contributed by atoms with E-state index in [1.54, 1.807) is 13.2 Å². The van der Waals surface area contributed by atoms with Gasteiger partial charge in [-0.2, -0.15) is 0 Å². The fraction of sp³-hybridized carbons (Fsp3) is 0.231. The van der Waals surface area contributed by atoms with E-state index in [4.69, 9.17) is 9.47 Å². The summed E-state index contributed by atoms with van der Waals surface area (Å²) in [6.45, 7) is 0.416. The molecule has 0 saturated carbocycles. The summed E-state index contributed by atoms with van der Waals surface area (Å²) in [6, 6.07) is 7.39. The Bertz CT molecular complexity index is 598. The van der Waals surface area contributed by atoms with Crippen molar-refractivity contribution in [2.24, 2.45) is 0 Å². The van der Waals surface area contributed by atoms with E-state index in [1.807, 2.05) is 18.2 Å². The molecule has 1 heterocycles. The maximum Gasteiger partial charge on any atom is 0.356 e. The molecule has 0 aliphatic heterocycles.